The van der Waals surface area contributed by atoms with Crippen LogP contribution < -0.4 is 10.6 Å². The van der Waals surface area contributed by atoms with E-state index in [1.54, 1.807) is 12.1 Å². The van der Waals surface area contributed by atoms with Crippen LogP contribution in [0, 0.1) is 5.82 Å². The average Bonchev–Trinajstić information content (AvgIpc) is 2.50. The maximum Gasteiger partial charge on any atom is 0.170 e. The number of benzene rings is 2. The van der Waals surface area contributed by atoms with Gasteiger partial charge in [0.1, 0.15) is 5.82 Å². The smallest absolute Gasteiger partial charge is 0.170 e. The van der Waals surface area contributed by atoms with E-state index >= 15 is 0 Å². The Hall–Kier alpha value is -1.94. The molecule has 0 atom stereocenters. The molecule has 0 aliphatic rings. The van der Waals surface area contributed by atoms with E-state index in [-0.39, 0.29) is 5.82 Å². The minimum Gasteiger partial charge on any atom is -0.362 e. The van der Waals surface area contributed by atoms with E-state index in [9.17, 15) is 4.39 Å². The topological polar surface area (TPSA) is 24.1 Å². The number of rotatable bonds is 6. The zero-order valence-corrected chi connectivity index (χ0v) is 12.6. The summed E-state index contributed by atoms with van der Waals surface area (Å²) in [6.07, 6.45) is 3.26. The van der Waals surface area contributed by atoms with Gasteiger partial charge in [-0.3, -0.25) is 0 Å². The highest BCUT2D eigenvalue weighted by Gasteiger charge is 1.98. The van der Waals surface area contributed by atoms with Crippen molar-refractivity contribution in [2.45, 2.75) is 19.3 Å². The SMILES string of the molecule is Fc1ccc(NC(=S)NCCCCc2ccccc2)cc1. The van der Waals surface area contributed by atoms with Gasteiger partial charge in [0.05, 0.1) is 0 Å². The molecule has 0 unspecified atom stereocenters. The number of unbranched alkanes of at least 4 members (excludes halogenated alkanes) is 1. The van der Waals surface area contributed by atoms with Crippen molar-refractivity contribution in [2.24, 2.45) is 0 Å². The number of nitrogens with one attached hydrogen (secondary N) is 2. The fourth-order valence-corrected chi connectivity index (χ4v) is 2.23. The number of anilines is 1. The van der Waals surface area contributed by atoms with Crippen LogP contribution >= 0.6 is 12.2 Å². The Morgan fingerprint density at radius 1 is 0.952 bits per heavy atom. The van der Waals surface area contributed by atoms with Crippen LogP contribution in [-0.4, -0.2) is 11.7 Å². The summed E-state index contributed by atoms with van der Waals surface area (Å²) in [7, 11) is 0. The Morgan fingerprint density at radius 3 is 2.38 bits per heavy atom. The summed E-state index contributed by atoms with van der Waals surface area (Å²) in [6, 6.07) is 16.6. The van der Waals surface area contributed by atoms with Crippen LogP contribution in [0.15, 0.2) is 54.6 Å². The van der Waals surface area contributed by atoms with Crippen molar-refractivity contribution in [3.8, 4) is 0 Å². The molecule has 0 amide bonds. The molecule has 0 heterocycles. The lowest BCUT2D eigenvalue weighted by atomic mass is 10.1. The van der Waals surface area contributed by atoms with Gasteiger partial charge in [-0.1, -0.05) is 30.3 Å². The Labute approximate surface area is 130 Å². The minimum atomic E-state index is -0.250. The summed E-state index contributed by atoms with van der Waals surface area (Å²) in [5.41, 5.74) is 2.16. The third-order valence-corrected chi connectivity index (χ3v) is 3.37. The first-order chi connectivity index (χ1) is 10.2. The standard InChI is InChI=1S/C17H19FN2S/c18-15-9-11-16(12-10-15)20-17(21)19-13-5-4-8-14-6-2-1-3-7-14/h1-3,6-7,9-12H,4-5,8,13H2,(H2,19,20,21). The Kier molecular flexibility index (Phi) is 6.16. The van der Waals surface area contributed by atoms with Gasteiger partial charge >= 0.3 is 0 Å². The average molecular weight is 302 g/mol. The second kappa shape index (κ2) is 8.37. The van der Waals surface area contributed by atoms with Crippen molar-refractivity contribution >= 4 is 23.0 Å². The molecule has 4 heteroatoms. The predicted molar refractivity (Wildman–Crippen MR) is 90.0 cm³/mol. The zero-order valence-electron chi connectivity index (χ0n) is 11.8. The van der Waals surface area contributed by atoms with Crippen molar-refractivity contribution in [1.29, 1.82) is 0 Å². The van der Waals surface area contributed by atoms with E-state index in [2.05, 4.69) is 34.9 Å². The molecule has 0 aromatic heterocycles. The van der Waals surface area contributed by atoms with Gasteiger partial charge in [-0.25, -0.2) is 4.39 Å². The predicted octanol–water partition coefficient (Wildman–Crippen LogP) is 4.14. The highest BCUT2D eigenvalue weighted by molar-refractivity contribution is 7.80. The molecule has 21 heavy (non-hydrogen) atoms. The monoisotopic (exact) mass is 302 g/mol. The van der Waals surface area contributed by atoms with Crippen LogP contribution in [0.25, 0.3) is 0 Å². The molecule has 0 spiro atoms. The van der Waals surface area contributed by atoms with Crippen molar-refractivity contribution in [3.63, 3.8) is 0 Å². The summed E-state index contributed by atoms with van der Waals surface area (Å²) in [5, 5.41) is 6.76. The molecule has 0 aliphatic heterocycles. The van der Waals surface area contributed by atoms with Gasteiger partial charge in [-0.15, -0.1) is 0 Å². The zero-order chi connectivity index (χ0) is 14.9. The lowest BCUT2D eigenvalue weighted by Gasteiger charge is -2.10. The van der Waals surface area contributed by atoms with E-state index in [1.165, 1.54) is 17.7 Å². The molecule has 2 nitrogen and oxygen atoms in total. The largest absolute Gasteiger partial charge is 0.362 e. The second-order valence-corrected chi connectivity index (χ2v) is 5.24. The van der Waals surface area contributed by atoms with Crippen LogP contribution in [0.1, 0.15) is 18.4 Å². The third kappa shape index (κ3) is 5.92. The Morgan fingerprint density at radius 2 is 1.67 bits per heavy atom. The number of hydrogen-bond donors (Lipinski definition) is 2. The van der Waals surface area contributed by atoms with Gasteiger partial charge in [0.25, 0.3) is 0 Å². The van der Waals surface area contributed by atoms with E-state index in [4.69, 9.17) is 12.2 Å². The molecule has 2 aromatic rings. The highest BCUT2D eigenvalue weighted by atomic mass is 32.1. The lowest BCUT2D eigenvalue weighted by molar-refractivity contribution is 0.628. The normalized spacial score (nSPS) is 10.1. The molecule has 2 aromatic carbocycles. The number of aryl methyl sites for hydroxylation is 1. The summed E-state index contributed by atoms with van der Waals surface area (Å²) in [5.74, 6) is -0.250. The van der Waals surface area contributed by atoms with Crippen molar-refractivity contribution in [1.82, 2.24) is 5.32 Å². The fraction of sp³-hybridized carbons (Fsp3) is 0.235. The molecule has 0 aliphatic carbocycles. The Bertz CT molecular complexity index is 555. The molecular formula is C17H19FN2S. The second-order valence-electron chi connectivity index (χ2n) is 4.83. The van der Waals surface area contributed by atoms with E-state index in [0.717, 1.165) is 31.5 Å². The van der Waals surface area contributed by atoms with Gasteiger partial charge < -0.3 is 10.6 Å². The summed E-state index contributed by atoms with van der Waals surface area (Å²) >= 11 is 5.20. The lowest BCUT2D eigenvalue weighted by Crippen LogP contribution is -2.29. The van der Waals surface area contributed by atoms with Crippen LogP contribution in [0.3, 0.4) is 0 Å². The third-order valence-electron chi connectivity index (χ3n) is 3.12. The molecule has 0 saturated heterocycles. The maximum absolute atomic E-state index is 12.8. The molecular weight excluding hydrogens is 283 g/mol. The van der Waals surface area contributed by atoms with Gasteiger partial charge in [-0.2, -0.15) is 0 Å². The van der Waals surface area contributed by atoms with E-state index in [0.29, 0.717) is 5.11 Å². The Balaban J connectivity index is 1.60. The summed E-state index contributed by atoms with van der Waals surface area (Å²) in [4.78, 5) is 0. The molecule has 0 radical (unpaired) electrons. The van der Waals surface area contributed by atoms with Crippen molar-refractivity contribution < 1.29 is 4.39 Å². The van der Waals surface area contributed by atoms with E-state index < -0.39 is 0 Å². The quantitative estimate of drug-likeness (QED) is 0.619. The fourth-order valence-electron chi connectivity index (χ4n) is 2.01. The first-order valence-corrected chi connectivity index (χ1v) is 7.49. The van der Waals surface area contributed by atoms with Crippen LogP contribution in [0.4, 0.5) is 10.1 Å². The molecule has 0 fully saturated rings. The number of halogens is 1. The van der Waals surface area contributed by atoms with Gasteiger partial charge in [0, 0.05) is 12.2 Å². The molecule has 0 bridgehead atoms. The van der Waals surface area contributed by atoms with E-state index in [1.807, 2.05) is 6.07 Å². The number of thiocarbonyl (C=S) groups is 1. The summed E-state index contributed by atoms with van der Waals surface area (Å²) in [6.45, 7) is 0.833. The van der Waals surface area contributed by atoms with Gasteiger partial charge in [0.15, 0.2) is 5.11 Å². The highest BCUT2D eigenvalue weighted by Crippen LogP contribution is 2.08. The maximum atomic E-state index is 12.8. The number of hydrogen-bond acceptors (Lipinski definition) is 1. The first kappa shape index (κ1) is 15.4. The summed E-state index contributed by atoms with van der Waals surface area (Å²) < 4.78 is 12.8. The van der Waals surface area contributed by atoms with Crippen molar-refractivity contribution in [2.75, 3.05) is 11.9 Å². The molecule has 2 rings (SSSR count). The van der Waals surface area contributed by atoms with Crippen LogP contribution in [-0.2, 0) is 6.42 Å². The first-order valence-electron chi connectivity index (χ1n) is 7.08. The molecule has 2 N–H and O–H groups in total. The van der Waals surface area contributed by atoms with Crippen molar-refractivity contribution in [3.05, 3.63) is 66.0 Å². The van der Waals surface area contributed by atoms with Crippen LogP contribution in [0.5, 0.6) is 0 Å². The molecule has 0 saturated carbocycles. The molecule has 110 valence electrons. The van der Waals surface area contributed by atoms with Gasteiger partial charge in [0.2, 0.25) is 0 Å². The minimum absolute atomic E-state index is 0.250. The van der Waals surface area contributed by atoms with Gasteiger partial charge in [-0.05, 0) is 61.3 Å². The van der Waals surface area contributed by atoms with Crippen LogP contribution in [0.2, 0.25) is 0 Å².